The zero-order valence-corrected chi connectivity index (χ0v) is 15.0. The van der Waals surface area contributed by atoms with Gasteiger partial charge >= 0.3 is 0 Å². The third-order valence-electron chi connectivity index (χ3n) is 3.18. The number of nitrogens with two attached hydrogens (primary N) is 1. The predicted molar refractivity (Wildman–Crippen MR) is 98.9 cm³/mol. The van der Waals surface area contributed by atoms with Crippen molar-refractivity contribution >= 4 is 33.4 Å². The summed E-state index contributed by atoms with van der Waals surface area (Å²) >= 11 is 5.31. The fourth-order valence-electron chi connectivity index (χ4n) is 2.05. The lowest BCUT2D eigenvalue weighted by Crippen LogP contribution is -2.08. The molecule has 0 unspecified atom stereocenters. The van der Waals surface area contributed by atoms with Gasteiger partial charge in [-0.3, -0.25) is 0 Å². The number of ether oxygens (including phenoxy) is 1. The van der Waals surface area contributed by atoms with Crippen LogP contribution in [0.2, 0.25) is 0 Å². The average Bonchev–Trinajstić information content (AvgIpc) is 2.54. The molecule has 0 radical (unpaired) electrons. The molecule has 0 amide bonds. The standard InChI is InChI=1S/C17H21BrN2OS/c1-21-17-7-6-14(18)10-13(17)12-22-16-5-2-4-15(11-16)20-9-3-8-19/h2,4-7,10-11,20H,3,8-9,12,19H2,1H3. The van der Waals surface area contributed by atoms with Crippen molar-refractivity contribution in [2.45, 2.75) is 17.1 Å². The van der Waals surface area contributed by atoms with Gasteiger partial charge in [0.2, 0.25) is 0 Å². The molecule has 0 fully saturated rings. The number of rotatable bonds is 8. The number of benzene rings is 2. The maximum Gasteiger partial charge on any atom is 0.122 e. The molecule has 0 aromatic heterocycles. The Labute approximate surface area is 144 Å². The molecular formula is C17H21BrN2OS. The average molecular weight is 381 g/mol. The molecule has 2 aromatic carbocycles. The molecule has 22 heavy (non-hydrogen) atoms. The van der Waals surface area contributed by atoms with Crippen LogP contribution in [-0.2, 0) is 5.75 Å². The van der Waals surface area contributed by atoms with Gasteiger partial charge in [-0.1, -0.05) is 22.0 Å². The molecule has 3 nitrogen and oxygen atoms in total. The minimum atomic E-state index is 0.712. The Hall–Kier alpha value is -1.17. The summed E-state index contributed by atoms with van der Waals surface area (Å²) in [5.41, 5.74) is 7.84. The van der Waals surface area contributed by atoms with Crippen molar-refractivity contribution in [1.82, 2.24) is 0 Å². The second-order valence-electron chi connectivity index (χ2n) is 4.84. The van der Waals surface area contributed by atoms with Gasteiger partial charge in [0.15, 0.2) is 0 Å². The van der Waals surface area contributed by atoms with Crippen LogP contribution in [0.5, 0.6) is 5.75 Å². The van der Waals surface area contributed by atoms with Crippen LogP contribution in [0.1, 0.15) is 12.0 Å². The molecule has 0 atom stereocenters. The quantitative estimate of drug-likeness (QED) is 0.522. The van der Waals surface area contributed by atoms with Gasteiger partial charge in [0.1, 0.15) is 5.75 Å². The fourth-order valence-corrected chi connectivity index (χ4v) is 3.39. The van der Waals surface area contributed by atoms with Crippen LogP contribution in [0.25, 0.3) is 0 Å². The number of methoxy groups -OCH3 is 1. The number of thioether (sulfide) groups is 1. The monoisotopic (exact) mass is 380 g/mol. The first kappa shape index (κ1) is 17.2. The Morgan fingerprint density at radius 1 is 1.23 bits per heavy atom. The van der Waals surface area contributed by atoms with E-state index in [4.69, 9.17) is 10.5 Å². The van der Waals surface area contributed by atoms with Crippen molar-refractivity contribution in [3.8, 4) is 5.75 Å². The lowest BCUT2D eigenvalue weighted by atomic mass is 10.2. The maximum atomic E-state index is 5.51. The summed E-state index contributed by atoms with van der Waals surface area (Å²) in [4.78, 5) is 1.24. The molecule has 0 heterocycles. The largest absolute Gasteiger partial charge is 0.496 e. The molecule has 0 aliphatic rings. The van der Waals surface area contributed by atoms with Gasteiger partial charge in [0.05, 0.1) is 7.11 Å². The van der Waals surface area contributed by atoms with Crippen molar-refractivity contribution in [2.75, 3.05) is 25.5 Å². The maximum absolute atomic E-state index is 5.51. The van der Waals surface area contributed by atoms with Crippen LogP contribution in [-0.4, -0.2) is 20.2 Å². The Morgan fingerprint density at radius 3 is 2.86 bits per heavy atom. The highest BCUT2D eigenvalue weighted by Crippen LogP contribution is 2.31. The third-order valence-corrected chi connectivity index (χ3v) is 4.72. The van der Waals surface area contributed by atoms with Crippen LogP contribution < -0.4 is 15.8 Å². The first-order valence-electron chi connectivity index (χ1n) is 7.22. The highest BCUT2D eigenvalue weighted by Gasteiger charge is 2.05. The molecule has 5 heteroatoms. The summed E-state index contributed by atoms with van der Waals surface area (Å²) in [6.07, 6.45) is 0.979. The molecule has 0 spiro atoms. The first-order chi connectivity index (χ1) is 10.7. The van der Waals surface area contributed by atoms with Gasteiger partial charge in [0, 0.05) is 32.9 Å². The second kappa shape index (κ2) is 9.08. The molecule has 3 N–H and O–H groups in total. The van der Waals surface area contributed by atoms with Gasteiger partial charge in [-0.15, -0.1) is 11.8 Å². The van der Waals surface area contributed by atoms with E-state index in [-0.39, 0.29) is 0 Å². The Morgan fingerprint density at radius 2 is 2.09 bits per heavy atom. The van der Waals surface area contributed by atoms with Gasteiger partial charge in [-0.05, 0) is 49.4 Å². The van der Waals surface area contributed by atoms with Crippen molar-refractivity contribution < 1.29 is 4.74 Å². The highest BCUT2D eigenvalue weighted by molar-refractivity contribution is 9.10. The normalized spacial score (nSPS) is 10.5. The number of anilines is 1. The first-order valence-corrected chi connectivity index (χ1v) is 9.00. The van der Waals surface area contributed by atoms with Crippen LogP contribution in [0.4, 0.5) is 5.69 Å². The molecule has 0 saturated carbocycles. The number of nitrogens with one attached hydrogen (secondary N) is 1. The molecule has 0 aliphatic carbocycles. The van der Waals surface area contributed by atoms with Crippen LogP contribution in [0, 0.1) is 0 Å². The lowest BCUT2D eigenvalue weighted by molar-refractivity contribution is 0.411. The highest BCUT2D eigenvalue weighted by atomic mass is 79.9. The summed E-state index contributed by atoms with van der Waals surface area (Å²) in [5.74, 6) is 1.79. The molecule has 0 bridgehead atoms. The predicted octanol–water partition coefficient (Wildman–Crippen LogP) is 4.51. The van der Waals surface area contributed by atoms with Crippen molar-refractivity contribution in [3.63, 3.8) is 0 Å². The summed E-state index contributed by atoms with van der Waals surface area (Å²) in [5, 5.41) is 3.39. The zero-order valence-electron chi connectivity index (χ0n) is 12.6. The van der Waals surface area contributed by atoms with E-state index < -0.39 is 0 Å². The molecule has 2 rings (SSSR count). The smallest absolute Gasteiger partial charge is 0.122 e. The Balaban J connectivity index is 1.99. The van der Waals surface area contributed by atoms with Crippen molar-refractivity contribution in [3.05, 3.63) is 52.5 Å². The van der Waals surface area contributed by atoms with E-state index in [2.05, 4.69) is 51.6 Å². The SMILES string of the molecule is COc1ccc(Br)cc1CSc1cccc(NCCCN)c1. The Bertz CT molecular complexity index is 607. The van der Waals surface area contributed by atoms with Crippen molar-refractivity contribution in [1.29, 1.82) is 0 Å². The summed E-state index contributed by atoms with van der Waals surface area (Å²) in [6, 6.07) is 14.6. The van der Waals surface area contributed by atoms with E-state index in [0.29, 0.717) is 6.54 Å². The number of hydrogen-bond donors (Lipinski definition) is 2. The van der Waals surface area contributed by atoms with Crippen LogP contribution >= 0.6 is 27.7 Å². The van der Waals surface area contributed by atoms with E-state index in [1.807, 2.05) is 12.1 Å². The second-order valence-corrected chi connectivity index (χ2v) is 6.81. The summed E-state index contributed by atoms with van der Waals surface area (Å²) in [7, 11) is 1.71. The van der Waals surface area contributed by atoms with E-state index in [1.165, 1.54) is 10.5 Å². The van der Waals surface area contributed by atoms with Crippen molar-refractivity contribution in [2.24, 2.45) is 5.73 Å². The number of hydrogen-bond acceptors (Lipinski definition) is 4. The number of halogens is 1. The minimum absolute atomic E-state index is 0.712. The third kappa shape index (κ3) is 5.23. The molecule has 0 saturated heterocycles. The van der Waals surface area contributed by atoms with Gasteiger partial charge < -0.3 is 15.8 Å². The summed E-state index contributed by atoms with van der Waals surface area (Å²) in [6.45, 7) is 1.62. The van der Waals surface area contributed by atoms with E-state index in [1.54, 1.807) is 18.9 Å². The van der Waals surface area contributed by atoms with Crippen LogP contribution in [0.15, 0.2) is 51.8 Å². The molecule has 2 aromatic rings. The van der Waals surface area contributed by atoms with E-state index in [0.717, 1.165) is 34.6 Å². The topological polar surface area (TPSA) is 47.3 Å². The van der Waals surface area contributed by atoms with E-state index in [9.17, 15) is 0 Å². The summed E-state index contributed by atoms with van der Waals surface area (Å²) < 4.78 is 6.49. The zero-order chi connectivity index (χ0) is 15.8. The van der Waals surface area contributed by atoms with E-state index >= 15 is 0 Å². The van der Waals surface area contributed by atoms with Gasteiger partial charge in [-0.2, -0.15) is 0 Å². The molecular weight excluding hydrogens is 360 g/mol. The Kier molecular flexibility index (Phi) is 7.09. The van der Waals surface area contributed by atoms with Gasteiger partial charge in [0.25, 0.3) is 0 Å². The van der Waals surface area contributed by atoms with Crippen LogP contribution in [0.3, 0.4) is 0 Å². The van der Waals surface area contributed by atoms with Gasteiger partial charge in [-0.25, -0.2) is 0 Å². The lowest BCUT2D eigenvalue weighted by Gasteiger charge is -2.10. The molecule has 118 valence electrons. The minimum Gasteiger partial charge on any atom is -0.496 e. The molecule has 0 aliphatic heterocycles. The fraction of sp³-hybridized carbons (Fsp3) is 0.294.